The Morgan fingerprint density at radius 1 is 1.33 bits per heavy atom. The van der Waals surface area contributed by atoms with Crippen molar-refractivity contribution in [2.75, 3.05) is 31.6 Å². The van der Waals surface area contributed by atoms with Gasteiger partial charge in [0, 0.05) is 38.9 Å². The average Bonchev–Trinajstić information content (AvgIpc) is 2.52. The molecule has 7 nitrogen and oxygen atoms in total. The standard InChI is InChI=1S/C17H26N4O3/c1-12-11-20(16(23)24-17(2,3)4)9-10-21(12)14-13(15(22)18-5)7-6-8-19-14/h6-8,12H,9-11H2,1-5H3,(H,18,22)/t12-/m1/s1. The van der Waals surface area contributed by atoms with Gasteiger partial charge in [0.05, 0.1) is 5.56 Å². The molecule has 1 fully saturated rings. The fraction of sp³-hybridized carbons (Fsp3) is 0.588. The van der Waals surface area contributed by atoms with Crippen molar-refractivity contribution >= 4 is 17.8 Å². The summed E-state index contributed by atoms with van der Waals surface area (Å²) in [7, 11) is 1.60. The lowest BCUT2D eigenvalue weighted by molar-refractivity contribution is 0.0218. The van der Waals surface area contributed by atoms with Gasteiger partial charge in [0.15, 0.2) is 0 Å². The van der Waals surface area contributed by atoms with E-state index in [1.165, 1.54) is 0 Å². The van der Waals surface area contributed by atoms with Crippen LogP contribution in [0.25, 0.3) is 0 Å². The molecule has 24 heavy (non-hydrogen) atoms. The number of carbonyl (C=O) groups excluding carboxylic acids is 2. The molecule has 2 amide bonds. The number of piperazine rings is 1. The molecule has 2 rings (SSSR count). The first-order valence-corrected chi connectivity index (χ1v) is 8.14. The minimum Gasteiger partial charge on any atom is -0.444 e. The first kappa shape index (κ1) is 18.0. The van der Waals surface area contributed by atoms with Crippen molar-refractivity contribution in [1.82, 2.24) is 15.2 Å². The van der Waals surface area contributed by atoms with E-state index in [2.05, 4.69) is 15.2 Å². The van der Waals surface area contributed by atoms with Gasteiger partial charge >= 0.3 is 6.09 Å². The smallest absolute Gasteiger partial charge is 0.410 e. The van der Waals surface area contributed by atoms with Crippen molar-refractivity contribution in [3.63, 3.8) is 0 Å². The second kappa shape index (κ2) is 7.07. The van der Waals surface area contributed by atoms with Gasteiger partial charge in [0.1, 0.15) is 11.4 Å². The van der Waals surface area contributed by atoms with E-state index in [9.17, 15) is 9.59 Å². The number of carbonyl (C=O) groups is 2. The maximum absolute atomic E-state index is 12.2. The van der Waals surface area contributed by atoms with Crippen LogP contribution in [0.5, 0.6) is 0 Å². The van der Waals surface area contributed by atoms with Crippen molar-refractivity contribution in [3.8, 4) is 0 Å². The van der Waals surface area contributed by atoms with Crippen LogP contribution >= 0.6 is 0 Å². The van der Waals surface area contributed by atoms with Crippen LogP contribution in [0.4, 0.5) is 10.6 Å². The third-order valence-corrected chi connectivity index (χ3v) is 3.81. The van der Waals surface area contributed by atoms with Crippen LogP contribution in [0.3, 0.4) is 0 Å². The monoisotopic (exact) mass is 334 g/mol. The summed E-state index contributed by atoms with van der Waals surface area (Å²) in [4.78, 5) is 32.4. The van der Waals surface area contributed by atoms with Crippen LogP contribution < -0.4 is 10.2 Å². The summed E-state index contributed by atoms with van der Waals surface area (Å²) in [5.41, 5.74) is 0.0303. The predicted octanol–water partition coefficient (Wildman–Crippen LogP) is 1.89. The SMILES string of the molecule is CNC(=O)c1cccnc1N1CCN(C(=O)OC(C)(C)C)C[C@H]1C. The molecule has 1 saturated heterocycles. The van der Waals surface area contributed by atoms with E-state index in [1.807, 2.05) is 27.7 Å². The summed E-state index contributed by atoms with van der Waals surface area (Å²) in [6.45, 7) is 9.23. The summed E-state index contributed by atoms with van der Waals surface area (Å²) in [5.74, 6) is 0.480. The fourth-order valence-corrected chi connectivity index (χ4v) is 2.70. The molecular formula is C17H26N4O3. The van der Waals surface area contributed by atoms with Crippen molar-refractivity contribution in [2.45, 2.75) is 39.3 Å². The number of pyridine rings is 1. The summed E-state index contributed by atoms with van der Waals surface area (Å²) >= 11 is 0. The Kier molecular flexibility index (Phi) is 5.31. The predicted molar refractivity (Wildman–Crippen MR) is 92.2 cm³/mol. The number of hydrogen-bond donors (Lipinski definition) is 1. The van der Waals surface area contributed by atoms with Gasteiger partial charge < -0.3 is 19.9 Å². The molecular weight excluding hydrogens is 308 g/mol. The molecule has 1 atom stereocenters. The molecule has 0 saturated carbocycles. The Morgan fingerprint density at radius 2 is 2.04 bits per heavy atom. The van der Waals surface area contributed by atoms with E-state index < -0.39 is 5.60 Å². The van der Waals surface area contributed by atoms with E-state index in [-0.39, 0.29) is 18.0 Å². The highest BCUT2D eigenvalue weighted by molar-refractivity contribution is 5.98. The zero-order valence-corrected chi connectivity index (χ0v) is 15.0. The first-order valence-electron chi connectivity index (χ1n) is 8.14. The number of anilines is 1. The zero-order chi connectivity index (χ0) is 17.9. The van der Waals surface area contributed by atoms with Crippen molar-refractivity contribution in [3.05, 3.63) is 23.9 Å². The highest BCUT2D eigenvalue weighted by Crippen LogP contribution is 2.23. The average molecular weight is 334 g/mol. The van der Waals surface area contributed by atoms with E-state index in [1.54, 1.807) is 30.3 Å². The summed E-state index contributed by atoms with van der Waals surface area (Å²) in [6, 6.07) is 3.54. The molecule has 7 heteroatoms. The minimum atomic E-state index is -0.509. The lowest BCUT2D eigenvalue weighted by Gasteiger charge is -2.41. The molecule has 1 aliphatic rings. The molecule has 132 valence electrons. The number of aromatic nitrogens is 1. The van der Waals surface area contributed by atoms with Crippen LogP contribution in [0.1, 0.15) is 38.1 Å². The Balaban J connectivity index is 2.12. The highest BCUT2D eigenvalue weighted by atomic mass is 16.6. The summed E-state index contributed by atoms with van der Waals surface area (Å²) in [5, 5.41) is 2.64. The number of amides is 2. The van der Waals surface area contributed by atoms with Gasteiger partial charge in [-0.05, 0) is 39.8 Å². The highest BCUT2D eigenvalue weighted by Gasteiger charge is 2.31. The second-order valence-electron chi connectivity index (χ2n) is 6.92. The first-order chi connectivity index (χ1) is 11.2. The maximum atomic E-state index is 12.2. The zero-order valence-electron chi connectivity index (χ0n) is 15.0. The van der Waals surface area contributed by atoms with Crippen LogP contribution in [-0.4, -0.2) is 60.2 Å². The molecule has 0 radical (unpaired) electrons. The molecule has 1 N–H and O–H groups in total. The molecule has 2 heterocycles. The topological polar surface area (TPSA) is 74.8 Å². The largest absolute Gasteiger partial charge is 0.444 e. The Bertz CT molecular complexity index is 612. The van der Waals surface area contributed by atoms with E-state index in [4.69, 9.17) is 4.74 Å². The molecule has 0 aromatic carbocycles. The second-order valence-corrected chi connectivity index (χ2v) is 6.92. The van der Waals surface area contributed by atoms with Gasteiger partial charge in [-0.3, -0.25) is 4.79 Å². The molecule has 0 unspecified atom stereocenters. The molecule has 1 aliphatic heterocycles. The van der Waals surface area contributed by atoms with Gasteiger partial charge in [-0.2, -0.15) is 0 Å². The van der Waals surface area contributed by atoms with Crippen LogP contribution in [0.15, 0.2) is 18.3 Å². The third-order valence-electron chi connectivity index (χ3n) is 3.81. The van der Waals surface area contributed by atoms with E-state index in [0.29, 0.717) is 31.0 Å². The molecule has 0 aliphatic carbocycles. The minimum absolute atomic E-state index is 0.0320. The van der Waals surface area contributed by atoms with Gasteiger partial charge in [0.2, 0.25) is 0 Å². The van der Waals surface area contributed by atoms with Crippen molar-refractivity contribution in [1.29, 1.82) is 0 Å². The summed E-state index contributed by atoms with van der Waals surface area (Å²) in [6.07, 6.45) is 1.37. The van der Waals surface area contributed by atoms with Gasteiger partial charge in [-0.25, -0.2) is 9.78 Å². The quantitative estimate of drug-likeness (QED) is 0.894. The molecule has 0 bridgehead atoms. The van der Waals surface area contributed by atoms with E-state index >= 15 is 0 Å². The van der Waals surface area contributed by atoms with Gasteiger partial charge in [-0.15, -0.1) is 0 Å². The lowest BCUT2D eigenvalue weighted by Crippen LogP contribution is -2.55. The van der Waals surface area contributed by atoms with Crippen LogP contribution in [-0.2, 0) is 4.74 Å². The number of nitrogens with zero attached hydrogens (tertiary/aromatic N) is 3. The number of rotatable bonds is 2. The summed E-state index contributed by atoms with van der Waals surface area (Å²) < 4.78 is 5.43. The third kappa shape index (κ3) is 4.15. The van der Waals surface area contributed by atoms with Crippen molar-refractivity contribution in [2.24, 2.45) is 0 Å². The number of hydrogen-bond acceptors (Lipinski definition) is 5. The Hall–Kier alpha value is -2.31. The number of nitrogens with one attached hydrogen (secondary N) is 1. The maximum Gasteiger partial charge on any atom is 0.410 e. The van der Waals surface area contributed by atoms with Crippen LogP contribution in [0.2, 0.25) is 0 Å². The Morgan fingerprint density at radius 3 is 2.62 bits per heavy atom. The fourth-order valence-electron chi connectivity index (χ4n) is 2.70. The van der Waals surface area contributed by atoms with Gasteiger partial charge in [0.25, 0.3) is 5.91 Å². The van der Waals surface area contributed by atoms with Crippen molar-refractivity contribution < 1.29 is 14.3 Å². The molecule has 1 aromatic rings. The van der Waals surface area contributed by atoms with E-state index in [0.717, 1.165) is 0 Å². The van der Waals surface area contributed by atoms with Gasteiger partial charge in [-0.1, -0.05) is 0 Å². The lowest BCUT2D eigenvalue weighted by atomic mass is 10.1. The Labute approximate surface area is 143 Å². The molecule has 0 spiro atoms. The normalized spacial score (nSPS) is 18.3. The molecule has 1 aromatic heterocycles. The van der Waals surface area contributed by atoms with Crippen LogP contribution in [0, 0.1) is 0 Å². The number of ether oxygens (including phenoxy) is 1.